The topological polar surface area (TPSA) is 69.8 Å². The van der Waals surface area contributed by atoms with Gasteiger partial charge < -0.3 is 10.6 Å². The Morgan fingerprint density at radius 3 is 2.86 bits per heavy atom. The number of hydrogen-bond acceptors (Lipinski definition) is 3. The molecule has 5 heteroatoms. The van der Waals surface area contributed by atoms with E-state index in [9.17, 15) is 4.79 Å². The largest absolute Gasteiger partial charge is 0.316 e. The van der Waals surface area contributed by atoms with Gasteiger partial charge in [-0.3, -0.25) is 9.89 Å². The van der Waals surface area contributed by atoms with E-state index in [1.807, 2.05) is 19.1 Å². The summed E-state index contributed by atoms with van der Waals surface area (Å²) < 4.78 is 0. The van der Waals surface area contributed by atoms with Gasteiger partial charge in [0.15, 0.2) is 0 Å². The molecule has 1 aromatic carbocycles. The van der Waals surface area contributed by atoms with E-state index in [0.717, 1.165) is 37.4 Å². The van der Waals surface area contributed by atoms with Crippen LogP contribution in [0.4, 0.5) is 5.82 Å². The number of anilines is 1. The van der Waals surface area contributed by atoms with Crippen LogP contribution < -0.4 is 10.6 Å². The highest BCUT2D eigenvalue weighted by Crippen LogP contribution is 2.17. The summed E-state index contributed by atoms with van der Waals surface area (Å²) in [6.07, 6.45) is 4.89. The van der Waals surface area contributed by atoms with Gasteiger partial charge >= 0.3 is 0 Å². The van der Waals surface area contributed by atoms with Crippen molar-refractivity contribution in [2.75, 3.05) is 18.4 Å². The second kappa shape index (κ2) is 6.75. The lowest BCUT2D eigenvalue weighted by Gasteiger charge is -2.09. The predicted molar refractivity (Wildman–Crippen MR) is 87.0 cm³/mol. The minimum atomic E-state index is -0.104. The van der Waals surface area contributed by atoms with E-state index < -0.39 is 0 Å². The first-order chi connectivity index (χ1) is 10.8. The van der Waals surface area contributed by atoms with Gasteiger partial charge in [0.1, 0.15) is 5.82 Å². The summed E-state index contributed by atoms with van der Waals surface area (Å²) in [6, 6.07) is 7.91. The molecule has 116 valence electrons. The van der Waals surface area contributed by atoms with Crippen molar-refractivity contribution in [3.05, 3.63) is 47.2 Å². The first kappa shape index (κ1) is 14.8. The number of amides is 1. The number of aryl methyl sites for hydroxylation is 1. The lowest BCUT2D eigenvalue weighted by molar-refractivity contribution is 0.102. The average molecular weight is 298 g/mol. The second-order valence-electron chi connectivity index (χ2n) is 5.84. The van der Waals surface area contributed by atoms with Gasteiger partial charge in [0.25, 0.3) is 5.91 Å². The number of nitrogens with zero attached hydrogens (tertiary/aromatic N) is 1. The fourth-order valence-electron chi connectivity index (χ4n) is 2.89. The molecule has 1 unspecified atom stereocenters. The fourth-order valence-corrected chi connectivity index (χ4v) is 2.89. The summed E-state index contributed by atoms with van der Waals surface area (Å²) in [4.78, 5) is 12.3. The Morgan fingerprint density at radius 2 is 2.18 bits per heavy atom. The van der Waals surface area contributed by atoms with E-state index in [1.54, 1.807) is 6.20 Å². The molecule has 1 aliphatic rings. The quantitative estimate of drug-likeness (QED) is 0.794. The Labute approximate surface area is 130 Å². The number of benzene rings is 1. The molecule has 3 rings (SSSR count). The summed E-state index contributed by atoms with van der Waals surface area (Å²) in [5, 5.41) is 13.1. The van der Waals surface area contributed by atoms with Gasteiger partial charge in [0, 0.05) is 11.1 Å². The van der Waals surface area contributed by atoms with E-state index >= 15 is 0 Å². The molecule has 2 heterocycles. The zero-order valence-electron chi connectivity index (χ0n) is 12.9. The predicted octanol–water partition coefficient (Wildman–Crippen LogP) is 2.38. The van der Waals surface area contributed by atoms with Crippen molar-refractivity contribution < 1.29 is 4.79 Å². The highest BCUT2D eigenvalue weighted by molar-refractivity contribution is 6.04. The summed E-state index contributed by atoms with van der Waals surface area (Å²) in [7, 11) is 0. The Balaban J connectivity index is 1.63. The first-order valence-corrected chi connectivity index (χ1v) is 7.89. The zero-order chi connectivity index (χ0) is 15.4. The van der Waals surface area contributed by atoms with Crippen LogP contribution in [-0.4, -0.2) is 29.2 Å². The number of nitrogens with one attached hydrogen (secondary N) is 3. The highest BCUT2D eigenvalue weighted by Gasteiger charge is 2.15. The fraction of sp³-hybridized carbons (Fsp3) is 0.412. The van der Waals surface area contributed by atoms with Crippen LogP contribution in [0.2, 0.25) is 0 Å². The maximum absolute atomic E-state index is 12.3. The van der Waals surface area contributed by atoms with Crippen molar-refractivity contribution in [3.8, 4) is 0 Å². The standard InChI is InChI=1S/C17H22N4O/c1-2-14-11-19-21-16(14)20-17(22)15-5-3-12(4-6-15)9-13-7-8-18-10-13/h3-6,11,13,18H,2,7-10H2,1H3,(H2,19,20,21,22). The molecular formula is C17H22N4O. The maximum atomic E-state index is 12.3. The van der Waals surface area contributed by atoms with Gasteiger partial charge in [-0.05, 0) is 56.0 Å². The lowest BCUT2D eigenvalue weighted by Crippen LogP contribution is -2.14. The van der Waals surface area contributed by atoms with Crippen molar-refractivity contribution in [3.63, 3.8) is 0 Å². The van der Waals surface area contributed by atoms with E-state index in [2.05, 4.69) is 33.0 Å². The van der Waals surface area contributed by atoms with Crippen LogP contribution in [0, 0.1) is 5.92 Å². The number of carbonyl (C=O) groups is 1. The third kappa shape index (κ3) is 3.36. The van der Waals surface area contributed by atoms with E-state index in [4.69, 9.17) is 0 Å². The number of aromatic nitrogens is 2. The average Bonchev–Trinajstić information content (AvgIpc) is 3.19. The van der Waals surface area contributed by atoms with Crippen LogP contribution in [0.3, 0.4) is 0 Å². The monoisotopic (exact) mass is 298 g/mol. The van der Waals surface area contributed by atoms with Crippen LogP contribution in [0.5, 0.6) is 0 Å². The molecule has 0 aliphatic carbocycles. The Kier molecular flexibility index (Phi) is 4.53. The van der Waals surface area contributed by atoms with Crippen LogP contribution in [0.25, 0.3) is 0 Å². The van der Waals surface area contributed by atoms with Crippen molar-refractivity contribution >= 4 is 11.7 Å². The molecule has 1 saturated heterocycles. The number of hydrogen-bond donors (Lipinski definition) is 3. The van der Waals surface area contributed by atoms with Gasteiger partial charge in [0.05, 0.1) is 6.20 Å². The van der Waals surface area contributed by atoms with E-state index in [1.165, 1.54) is 12.0 Å². The molecule has 5 nitrogen and oxygen atoms in total. The Hall–Kier alpha value is -2.14. The zero-order valence-corrected chi connectivity index (χ0v) is 12.9. The molecule has 1 amide bonds. The van der Waals surface area contributed by atoms with Crippen molar-refractivity contribution in [2.24, 2.45) is 5.92 Å². The second-order valence-corrected chi connectivity index (χ2v) is 5.84. The smallest absolute Gasteiger partial charge is 0.256 e. The van der Waals surface area contributed by atoms with Crippen LogP contribution >= 0.6 is 0 Å². The molecule has 1 fully saturated rings. The van der Waals surface area contributed by atoms with Gasteiger partial charge in [0.2, 0.25) is 0 Å². The van der Waals surface area contributed by atoms with Crippen LogP contribution in [0.1, 0.15) is 34.8 Å². The maximum Gasteiger partial charge on any atom is 0.256 e. The van der Waals surface area contributed by atoms with Gasteiger partial charge in [-0.25, -0.2) is 0 Å². The van der Waals surface area contributed by atoms with Crippen molar-refractivity contribution in [2.45, 2.75) is 26.2 Å². The molecule has 1 aliphatic heterocycles. The molecule has 22 heavy (non-hydrogen) atoms. The van der Waals surface area contributed by atoms with Crippen molar-refractivity contribution in [1.82, 2.24) is 15.5 Å². The third-order valence-electron chi connectivity index (χ3n) is 4.24. The molecule has 0 saturated carbocycles. The highest BCUT2D eigenvalue weighted by atomic mass is 16.1. The molecule has 3 N–H and O–H groups in total. The molecule has 1 atom stereocenters. The Morgan fingerprint density at radius 1 is 1.36 bits per heavy atom. The molecule has 0 radical (unpaired) electrons. The van der Waals surface area contributed by atoms with E-state index in [0.29, 0.717) is 11.4 Å². The molecular weight excluding hydrogens is 276 g/mol. The Bertz CT molecular complexity index is 626. The summed E-state index contributed by atoms with van der Waals surface area (Å²) in [5.74, 6) is 1.30. The number of rotatable bonds is 5. The molecule has 0 spiro atoms. The molecule has 2 aromatic rings. The third-order valence-corrected chi connectivity index (χ3v) is 4.24. The van der Waals surface area contributed by atoms with Gasteiger partial charge in [-0.2, -0.15) is 5.10 Å². The number of carbonyl (C=O) groups excluding carboxylic acids is 1. The van der Waals surface area contributed by atoms with Crippen LogP contribution in [0.15, 0.2) is 30.5 Å². The summed E-state index contributed by atoms with van der Waals surface area (Å²) in [6.45, 7) is 4.25. The molecule has 1 aromatic heterocycles. The SMILES string of the molecule is CCc1cn[nH]c1NC(=O)c1ccc(CC2CCNC2)cc1. The first-order valence-electron chi connectivity index (χ1n) is 7.89. The minimum absolute atomic E-state index is 0.104. The van der Waals surface area contributed by atoms with Gasteiger partial charge in [-0.15, -0.1) is 0 Å². The van der Waals surface area contributed by atoms with Gasteiger partial charge in [-0.1, -0.05) is 19.1 Å². The van der Waals surface area contributed by atoms with Crippen molar-refractivity contribution in [1.29, 1.82) is 0 Å². The van der Waals surface area contributed by atoms with Crippen LogP contribution in [-0.2, 0) is 12.8 Å². The normalized spacial score (nSPS) is 17.6. The lowest BCUT2D eigenvalue weighted by atomic mass is 9.98. The summed E-state index contributed by atoms with van der Waals surface area (Å²) >= 11 is 0. The number of aromatic amines is 1. The summed E-state index contributed by atoms with van der Waals surface area (Å²) in [5.41, 5.74) is 2.98. The number of H-pyrrole nitrogens is 1. The molecule has 0 bridgehead atoms. The van der Waals surface area contributed by atoms with E-state index in [-0.39, 0.29) is 5.91 Å². The minimum Gasteiger partial charge on any atom is -0.316 e.